The third kappa shape index (κ3) is 3.74. The van der Waals surface area contributed by atoms with E-state index in [0.717, 1.165) is 77.5 Å². The lowest BCUT2D eigenvalue weighted by atomic mass is 9.93. The summed E-state index contributed by atoms with van der Waals surface area (Å²) in [4.78, 5) is 9.74. The Bertz CT molecular complexity index is 2810. The molecule has 0 atom stereocenters. The van der Waals surface area contributed by atoms with Crippen molar-refractivity contribution in [3.8, 4) is 33.5 Å². The first-order valence-electron chi connectivity index (χ1n) is 15.5. The first-order chi connectivity index (χ1) is 22.8. The fraction of sp³-hybridized carbons (Fsp3) is 0. The molecule has 4 heteroatoms. The second-order valence-electron chi connectivity index (χ2n) is 11.9. The number of para-hydroxylation sites is 1. The maximum atomic E-state index is 6.21. The molecule has 0 bridgehead atoms. The van der Waals surface area contributed by atoms with E-state index in [4.69, 9.17) is 9.40 Å². The van der Waals surface area contributed by atoms with Crippen molar-refractivity contribution in [2.45, 2.75) is 0 Å². The minimum Gasteiger partial charge on any atom is -0.456 e. The Balaban J connectivity index is 1.18. The molecular weight excluding hydrogens is 562 g/mol. The molecule has 214 valence electrons. The van der Waals surface area contributed by atoms with Crippen LogP contribution in [0.25, 0.3) is 93.7 Å². The zero-order chi connectivity index (χ0) is 30.2. The maximum absolute atomic E-state index is 6.21. The Morgan fingerprint density at radius 2 is 1.15 bits per heavy atom. The minimum atomic E-state index is 0.905. The van der Waals surface area contributed by atoms with Crippen molar-refractivity contribution in [1.82, 2.24) is 14.4 Å². The highest BCUT2D eigenvalue weighted by molar-refractivity contribution is 6.25. The Labute approximate surface area is 263 Å². The number of hydrogen-bond donors (Lipinski definition) is 0. The molecular formula is C42H25N3O. The van der Waals surface area contributed by atoms with E-state index in [1.165, 1.54) is 16.2 Å². The molecule has 4 nitrogen and oxygen atoms in total. The van der Waals surface area contributed by atoms with Crippen LogP contribution in [0.5, 0.6) is 0 Å². The predicted octanol–water partition coefficient (Wildman–Crippen LogP) is 11.1. The van der Waals surface area contributed by atoms with Crippen molar-refractivity contribution < 1.29 is 4.42 Å². The second kappa shape index (κ2) is 9.62. The summed E-state index contributed by atoms with van der Waals surface area (Å²) in [7, 11) is 0. The molecule has 0 amide bonds. The van der Waals surface area contributed by atoms with Gasteiger partial charge in [0.2, 0.25) is 0 Å². The fourth-order valence-corrected chi connectivity index (χ4v) is 7.04. The van der Waals surface area contributed by atoms with Crippen molar-refractivity contribution in [3.63, 3.8) is 0 Å². The molecule has 0 saturated carbocycles. The van der Waals surface area contributed by atoms with Crippen LogP contribution in [0.2, 0.25) is 0 Å². The molecule has 4 heterocycles. The molecule has 6 aromatic carbocycles. The minimum absolute atomic E-state index is 0.905. The van der Waals surface area contributed by atoms with Gasteiger partial charge >= 0.3 is 0 Å². The summed E-state index contributed by atoms with van der Waals surface area (Å²) in [6, 6.07) is 49.2. The maximum Gasteiger partial charge on any atom is 0.137 e. The van der Waals surface area contributed by atoms with E-state index >= 15 is 0 Å². The number of aromatic nitrogens is 3. The highest BCUT2D eigenvalue weighted by Crippen LogP contribution is 2.40. The van der Waals surface area contributed by atoms with Crippen LogP contribution in [-0.4, -0.2) is 14.4 Å². The van der Waals surface area contributed by atoms with Gasteiger partial charge in [-0.3, -0.25) is 9.38 Å². The highest BCUT2D eigenvalue weighted by atomic mass is 16.3. The molecule has 0 unspecified atom stereocenters. The van der Waals surface area contributed by atoms with E-state index in [9.17, 15) is 0 Å². The Morgan fingerprint density at radius 1 is 0.457 bits per heavy atom. The smallest absolute Gasteiger partial charge is 0.137 e. The third-order valence-corrected chi connectivity index (χ3v) is 9.24. The molecule has 0 radical (unpaired) electrons. The number of rotatable bonds is 3. The van der Waals surface area contributed by atoms with Crippen LogP contribution >= 0.6 is 0 Å². The molecule has 0 N–H and O–H groups in total. The van der Waals surface area contributed by atoms with Gasteiger partial charge in [-0.2, -0.15) is 0 Å². The van der Waals surface area contributed by atoms with Gasteiger partial charge in [0.25, 0.3) is 0 Å². The standard InChI is InChI=1S/C42H25N3O/c1-2-12-38-31(10-1)32-17-14-29(25-39(32)46-38)27-9-7-8-26(22-27)28-15-19-34-36(23-28)35-24-30(37-11-3-5-20-43-37)16-18-33(35)41-42(34)45-21-6-4-13-40(45)44-41/h1-25H. The molecule has 4 aromatic heterocycles. The van der Waals surface area contributed by atoms with Gasteiger partial charge in [0.05, 0.1) is 16.7 Å². The highest BCUT2D eigenvalue weighted by Gasteiger charge is 2.16. The van der Waals surface area contributed by atoms with Gasteiger partial charge < -0.3 is 4.42 Å². The van der Waals surface area contributed by atoms with Gasteiger partial charge in [-0.25, -0.2) is 4.98 Å². The summed E-state index contributed by atoms with van der Waals surface area (Å²) in [5.41, 5.74) is 11.6. The van der Waals surface area contributed by atoms with Crippen LogP contribution in [0, 0.1) is 0 Å². The van der Waals surface area contributed by atoms with Gasteiger partial charge in [-0.1, -0.05) is 78.9 Å². The van der Waals surface area contributed by atoms with Gasteiger partial charge in [-0.05, 0) is 93.7 Å². The number of pyridine rings is 2. The average molecular weight is 588 g/mol. The lowest BCUT2D eigenvalue weighted by Crippen LogP contribution is -1.89. The molecule has 0 spiro atoms. The van der Waals surface area contributed by atoms with Crippen LogP contribution in [0.1, 0.15) is 0 Å². The fourth-order valence-electron chi connectivity index (χ4n) is 7.04. The van der Waals surface area contributed by atoms with Crippen molar-refractivity contribution in [3.05, 3.63) is 152 Å². The average Bonchev–Trinajstić information content (AvgIpc) is 3.70. The number of nitrogens with zero attached hydrogens (tertiary/aromatic N) is 3. The van der Waals surface area contributed by atoms with Gasteiger partial charge in [0.15, 0.2) is 0 Å². The number of imidazole rings is 1. The quantitative estimate of drug-likeness (QED) is 0.193. The topological polar surface area (TPSA) is 43.3 Å². The normalized spacial score (nSPS) is 11.9. The van der Waals surface area contributed by atoms with Crippen LogP contribution in [0.15, 0.2) is 156 Å². The number of hydrogen-bond acceptors (Lipinski definition) is 3. The summed E-state index contributed by atoms with van der Waals surface area (Å²) in [5.74, 6) is 0. The summed E-state index contributed by atoms with van der Waals surface area (Å²) >= 11 is 0. The zero-order valence-electron chi connectivity index (χ0n) is 24.7. The van der Waals surface area contributed by atoms with Crippen molar-refractivity contribution in [1.29, 1.82) is 0 Å². The van der Waals surface area contributed by atoms with Crippen LogP contribution in [-0.2, 0) is 0 Å². The predicted molar refractivity (Wildman–Crippen MR) is 189 cm³/mol. The monoisotopic (exact) mass is 587 g/mol. The number of fused-ring (bicyclic) bond motifs is 11. The van der Waals surface area contributed by atoms with Crippen LogP contribution < -0.4 is 0 Å². The van der Waals surface area contributed by atoms with Crippen molar-refractivity contribution >= 4 is 60.2 Å². The third-order valence-electron chi connectivity index (χ3n) is 9.24. The van der Waals surface area contributed by atoms with Gasteiger partial charge in [0.1, 0.15) is 16.8 Å². The van der Waals surface area contributed by atoms with E-state index in [1.807, 2.05) is 36.5 Å². The Morgan fingerprint density at radius 3 is 2.04 bits per heavy atom. The van der Waals surface area contributed by atoms with E-state index in [-0.39, 0.29) is 0 Å². The number of furan rings is 1. The molecule has 0 saturated heterocycles. The van der Waals surface area contributed by atoms with E-state index in [2.05, 4.69) is 125 Å². The molecule has 0 aliphatic carbocycles. The van der Waals surface area contributed by atoms with E-state index in [0.29, 0.717) is 0 Å². The van der Waals surface area contributed by atoms with Crippen LogP contribution in [0.4, 0.5) is 0 Å². The summed E-state index contributed by atoms with van der Waals surface area (Å²) in [6.45, 7) is 0. The molecule has 10 rings (SSSR count). The molecule has 0 fully saturated rings. The molecule has 0 aliphatic rings. The van der Waals surface area contributed by atoms with Gasteiger partial charge in [0, 0.05) is 39.5 Å². The Hall–Kier alpha value is -6.26. The SMILES string of the molecule is c1ccc(-c2ccc3c(c2)c2cc(-c4cccc(-c5ccc6c(c5)oc5ccccc56)c4)ccc2c2c3nc3ccccn32)nc1. The molecule has 10 aromatic rings. The van der Waals surface area contributed by atoms with Crippen molar-refractivity contribution in [2.75, 3.05) is 0 Å². The molecule has 46 heavy (non-hydrogen) atoms. The summed E-state index contributed by atoms with van der Waals surface area (Å²) in [6.07, 6.45) is 3.95. The first kappa shape index (κ1) is 25.1. The van der Waals surface area contributed by atoms with Crippen molar-refractivity contribution in [2.24, 2.45) is 0 Å². The number of benzene rings is 6. The zero-order valence-corrected chi connectivity index (χ0v) is 24.7. The Kier molecular flexibility index (Phi) is 5.25. The summed E-state index contributed by atoms with van der Waals surface area (Å²) < 4.78 is 8.41. The van der Waals surface area contributed by atoms with E-state index < -0.39 is 0 Å². The lowest BCUT2D eigenvalue weighted by Gasteiger charge is -2.12. The lowest BCUT2D eigenvalue weighted by molar-refractivity contribution is 0.669. The summed E-state index contributed by atoms with van der Waals surface area (Å²) in [5, 5.41) is 6.96. The first-order valence-corrected chi connectivity index (χ1v) is 15.5. The molecule has 0 aliphatic heterocycles. The van der Waals surface area contributed by atoms with Gasteiger partial charge in [-0.15, -0.1) is 0 Å². The largest absolute Gasteiger partial charge is 0.456 e. The van der Waals surface area contributed by atoms with E-state index in [1.54, 1.807) is 0 Å². The second-order valence-corrected chi connectivity index (χ2v) is 11.9. The van der Waals surface area contributed by atoms with Crippen LogP contribution in [0.3, 0.4) is 0 Å².